The van der Waals surface area contributed by atoms with Crippen molar-refractivity contribution < 1.29 is 4.39 Å². The Balaban J connectivity index is 2.95. The van der Waals surface area contributed by atoms with E-state index in [1.807, 2.05) is 6.07 Å². The first-order valence-electron chi connectivity index (χ1n) is 4.03. The van der Waals surface area contributed by atoms with E-state index in [4.69, 9.17) is 11.0 Å². The highest BCUT2D eigenvalue weighted by Crippen LogP contribution is 2.16. The zero-order chi connectivity index (χ0) is 9.84. The number of nitrogens with two attached hydrogens (primary N) is 1. The number of benzene rings is 1. The van der Waals surface area contributed by atoms with E-state index in [2.05, 4.69) is 0 Å². The van der Waals surface area contributed by atoms with E-state index in [1.54, 1.807) is 13.0 Å². The summed E-state index contributed by atoms with van der Waals surface area (Å²) in [6.45, 7) is 1.80. The van der Waals surface area contributed by atoms with Crippen LogP contribution in [0.15, 0.2) is 18.2 Å². The van der Waals surface area contributed by atoms with E-state index in [-0.39, 0.29) is 18.3 Å². The first-order valence-corrected chi connectivity index (χ1v) is 4.03. The number of aryl methyl sites for hydroxylation is 1. The molecule has 0 heterocycles. The highest BCUT2D eigenvalue weighted by atomic mass is 19.1. The van der Waals surface area contributed by atoms with Gasteiger partial charge in [0.1, 0.15) is 5.82 Å². The van der Waals surface area contributed by atoms with Crippen LogP contribution in [0, 0.1) is 24.1 Å². The lowest BCUT2D eigenvalue weighted by atomic mass is 10.0. The summed E-state index contributed by atoms with van der Waals surface area (Å²) in [5.74, 6) is -0.302. The lowest BCUT2D eigenvalue weighted by Gasteiger charge is -2.08. The molecule has 0 radical (unpaired) electrons. The second kappa shape index (κ2) is 4.01. The number of hydrogen-bond donors (Lipinski definition) is 1. The quantitative estimate of drug-likeness (QED) is 0.753. The van der Waals surface area contributed by atoms with E-state index >= 15 is 0 Å². The molecule has 1 aromatic carbocycles. The molecule has 0 unspecified atom stereocenters. The van der Waals surface area contributed by atoms with E-state index < -0.39 is 0 Å². The van der Waals surface area contributed by atoms with E-state index in [1.165, 1.54) is 12.1 Å². The van der Waals surface area contributed by atoms with Crippen LogP contribution in [0.25, 0.3) is 0 Å². The van der Waals surface area contributed by atoms with Crippen molar-refractivity contribution in [2.75, 3.05) is 0 Å². The molecule has 3 heteroatoms. The fraction of sp³-hybridized carbons (Fsp3) is 0.300. The predicted octanol–water partition coefficient (Wildman–Crippen LogP) is 2.05. The molecule has 0 aliphatic heterocycles. The van der Waals surface area contributed by atoms with Gasteiger partial charge in [0.25, 0.3) is 0 Å². The molecule has 2 N–H and O–H groups in total. The standard InChI is InChI=1S/C10H11FN2/c1-7-4-8(6-9(11)5-7)10(13)2-3-12/h4-6,10H,2,13H2,1H3/t10-/m1/s1. The smallest absolute Gasteiger partial charge is 0.123 e. The minimum atomic E-state index is -0.389. The molecule has 1 atom stereocenters. The molecule has 13 heavy (non-hydrogen) atoms. The topological polar surface area (TPSA) is 49.8 Å². The zero-order valence-corrected chi connectivity index (χ0v) is 7.42. The second-order valence-electron chi connectivity index (χ2n) is 3.03. The maximum absolute atomic E-state index is 12.9. The molecule has 1 aromatic rings. The fourth-order valence-electron chi connectivity index (χ4n) is 1.19. The van der Waals surface area contributed by atoms with Gasteiger partial charge in [0.15, 0.2) is 0 Å². The molecule has 0 aliphatic rings. The lowest BCUT2D eigenvalue weighted by molar-refractivity contribution is 0.618. The van der Waals surface area contributed by atoms with Gasteiger partial charge in [-0.1, -0.05) is 6.07 Å². The molecule has 0 spiro atoms. The van der Waals surface area contributed by atoms with Crippen molar-refractivity contribution in [1.29, 1.82) is 5.26 Å². The van der Waals surface area contributed by atoms with Crippen LogP contribution >= 0.6 is 0 Å². The molecule has 0 amide bonds. The molecule has 68 valence electrons. The number of halogens is 1. The molecule has 1 rings (SSSR count). The highest BCUT2D eigenvalue weighted by molar-refractivity contribution is 5.26. The van der Waals surface area contributed by atoms with Crippen LogP contribution in [-0.2, 0) is 0 Å². The van der Waals surface area contributed by atoms with Crippen molar-refractivity contribution in [1.82, 2.24) is 0 Å². The van der Waals surface area contributed by atoms with Gasteiger partial charge < -0.3 is 5.73 Å². The SMILES string of the molecule is Cc1cc(F)cc([C@H](N)CC#N)c1. The number of nitriles is 1. The average molecular weight is 178 g/mol. The van der Waals surface area contributed by atoms with E-state index in [0.717, 1.165) is 5.56 Å². The third-order valence-electron chi connectivity index (χ3n) is 1.80. The third-order valence-corrected chi connectivity index (χ3v) is 1.80. The Morgan fingerprint density at radius 3 is 2.77 bits per heavy atom. The molecule has 0 bridgehead atoms. The van der Waals surface area contributed by atoms with Crippen molar-refractivity contribution in [2.45, 2.75) is 19.4 Å². The summed E-state index contributed by atoms with van der Waals surface area (Å²) < 4.78 is 12.9. The Morgan fingerprint density at radius 2 is 2.23 bits per heavy atom. The summed E-state index contributed by atoms with van der Waals surface area (Å²) >= 11 is 0. The maximum atomic E-state index is 12.9. The Labute approximate surface area is 76.8 Å². The summed E-state index contributed by atoms with van der Waals surface area (Å²) in [5.41, 5.74) is 7.16. The van der Waals surface area contributed by atoms with Gasteiger partial charge in [-0.2, -0.15) is 5.26 Å². The van der Waals surface area contributed by atoms with Gasteiger partial charge in [0.05, 0.1) is 12.5 Å². The Morgan fingerprint density at radius 1 is 1.54 bits per heavy atom. The van der Waals surface area contributed by atoms with Crippen LogP contribution in [0.4, 0.5) is 4.39 Å². The van der Waals surface area contributed by atoms with Crippen LogP contribution in [0.1, 0.15) is 23.6 Å². The summed E-state index contributed by atoms with van der Waals surface area (Å²) in [5, 5.41) is 8.41. The van der Waals surface area contributed by atoms with E-state index in [9.17, 15) is 4.39 Å². The van der Waals surface area contributed by atoms with Crippen molar-refractivity contribution in [2.24, 2.45) is 5.73 Å². The van der Waals surface area contributed by atoms with Crippen molar-refractivity contribution >= 4 is 0 Å². The van der Waals surface area contributed by atoms with Gasteiger partial charge in [0, 0.05) is 6.04 Å². The molecule has 0 fully saturated rings. The van der Waals surface area contributed by atoms with Gasteiger partial charge in [0.2, 0.25) is 0 Å². The molecule has 0 saturated carbocycles. The lowest BCUT2D eigenvalue weighted by Crippen LogP contribution is -2.09. The molecular formula is C10H11FN2. The first-order chi connectivity index (χ1) is 6.13. The largest absolute Gasteiger partial charge is 0.323 e. The van der Waals surface area contributed by atoms with Crippen LogP contribution in [-0.4, -0.2) is 0 Å². The highest BCUT2D eigenvalue weighted by Gasteiger charge is 2.06. The summed E-state index contributed by atoms with van der Waals surface area (Å²) in [6, 6.07) is 6.17. The Bertz CT molecular complexity index is 321. The van der Waals surface area contributed by atoms with Crippen LogP contribution in [0.3, 0.4) is 0 Å². The minimum Gasteiger partial charge on any atom is -0.323 e. The van der Waals surface area contributed by atoms with Gasteiger partial charge in [-0.3, -0.25) is 0 Å². The Hall–Kier alpha value is -1.40. The van der Waals surface area contributed by atoms with Crippen molar-refractivity contribution in [3.63, 3.8) is 0 Å². The molecule has 2 nitrogen and oxygen atoms in total. The van der Waals surface area contributed by atoms with Crippen LogP contribution in [0.2, 0.25) is 0 Å². The van der Waals surface area contributed by atoms with Crippen LogP contribution in [0.5, 0.6) is 0 Å². The number of rotatable bonds is 2. The van der Waals surface area contributed by atoms with Crippen molar-refractivity contribution in [3.05, 3.63) is 35.1 Å². The monoisotopic (exact) mass is 178 g/mol. The number of nitrogens with zero attached hydrogens (tertiary/aromatic N) is 1. The van der Waals surface area contributed by atoms with Crippen molar-refractivity contribution in [3.8, 4) is 6.07 Å². The minimum absolute atomic E-state index is 0.211. The normalized spacial score (nSPS) is 12.2. The van der Waals surface area contributed by atoms with Gasteiger partial charge in [-0.05, 0) is 30.2 Å². The van der Waals surface area contributed by atoms with E-state index in [0.29, 0.717) is 5.56 Å². The molecule has 0 aliphatic carbocycles. The fourth-order valence-corrected chi connectivity index (χ4v) is 1.19. The summed E-state index contributed by atoms with van der Waals surface area (Å²) in [6.07, 6.45) is 0.211. The number of hydrogen-bond acceptors (Lipinski definition) is 2. The molecular weight excluding hydrogens is 167 g/mol. The Kier molecular flexibility index (Phi) is 2.99. The van der Waals surface area contributed by atoms with Gasteiger partial charge >= 0.3 is 0 Å². The third kappa shape index (κ3) is 2.53. The van der Waals surface area contributed by atoms with Crippen LogP contribution < -0.4 is 5.73 Å². The first kappa shape index (κ1) is 9.69. The van der Waals surface area contributed by atoms with Gasteiger partial charge in [-0.25, -0.2) is 4.39 Å². The molecule has 0 saturated heterocycles. The second-order valence-corrected chi connectivity index (χ2v) is 3.03. The predicted molar refractivity (Wildman–Crippen MR) is 48.3 cm³/mol. The maximum Gasteiger partial charge on any atom is 0.123 e. The zero-order valence-electron chi connectivity index (χ0n) is 7.42. The average Bonchev–Trinajstić information content (AvgIpc) is 2.03. The summed E-state index contributed by atoms with van der Waals surface area (Å²) in [7, 11) is 0. The van der Waals surface area contributed by atoms with Gasteiger partial charge in [-0.15, -0.1) is 0 Å². The molecule has 0 aromatic heterocycles. The summed E-state index contributed by atoms with van der Waals surface area (Å²) in [4.78, 5) is 0.